The summed E-state index contributed by atoms with van der Waals surface area (Å²) >= 11 is 1.76. The molecule has 1 heterocycles. The van der Waals surface area contributed by atoms with Gasteiger partial charge in [-0.25, -0.2) is 4.98 Å². The quantitative estimate of drug-likeness (QED) is 0.702. The van der Waals surface area contributed by atoms with Gasteiger partial charge in [0.05, 0.1) is 16.9 Å². The molecule has 3 heteroatoms. The third kappa shape index (κ3) is 3.27. The van der Waals surface area contributed by atoms with Crippen LogP contribution in [-0.4, -0.2) is 9.73 Å². The van der Waals surface area contributed by atoms with Crippen molar-refractivity contribution in [1.82, 2.24) is 4.98 Å². The smallest absolute Gasteiger partial charge is 0.0969 e. The summed E-state index contributed by atoms with van der Waals surface area (Å²) < 4.78 is 0.204. The predicted molar refractivity (Wildman–Crippen MR) is 59.0 cm³/mol. The molecule has 0 spiro atoms. The summed E-state index contributed by atoms with van der Waals surface area (Å²) in [4.78, 5) is 4.26. The van der Waals surface area contributed by atoms with Gasteiger partial charge in [0.15, 0.2) is 0 Å². The molecule has 0 saturated heterocycles. The molecule has 1 rings (SSSR count). The Morgan fingerprint density at radius 2 is 2.00 bits per heavy atom. The molecule has 0 fully saturated rings. The van der Waals surface area contributed by atoms with Crippen LogP contribution in [0.4, 0.5) is 5.69 Å². The molecular weight excluding hydrogens is 180 g/mol. The molecule has 1 aromatic heterocycles. The highest BCUT2D eigenvalue weighted by Gasteiger charge is 2.13. The van der Waals surface area contributed by atoms with Crippen LogP contribution in [0.15, 0.2) is 17.3 Å². The van der Waals surface area contributed by atoms with E-state index in [-0.39, 0.29) is 4.75 Å². The van der Waals surface area contributed by atoms with Gasteiger partial charge in [-0.3, -0.25) is 0 Å². The van der Waals surface area contributed by atoms with Crippen molar-refractivity contribution in [2.75, 3.05) is 5.73 Å². The van der Waals surface area contributed by atoms with Crippen molar-refractivity contribution < 1.29 is 0 Å². The van der Waals surface area contributed by atoms with E-state index in [0.29, 0.717) is 0 Å². The molecule has 72 valence electrons. The Kier molecular flexibility index (Phi) is 2.86. The lowest BCUT2D eigenvalue weighted by molar-refractivity contribution is 0.799. The first kappa shape index (κ1) is 10.4. The molecule has 0 aromatic carbocycles. The highest BCUT2D eigenvalue weighted by molar-refractivity contribution is 8.00. The Labute approximate surface area is 83.9 Å². The average molecular weight is 196 g/mol. The van der Waals surface area contributed by atoms with E-state index in [9.17, 15) is 0 Å². The van der Waals surface area contributed by atoms with Crippen LogP contribution < -0.4 is 5.73 Å². The second-order valence-corrected chi connectivity index (χ2v) is 5.94. The minimum absolute atomic E-state index is 0.204. The molecule has 0 atom stereocenters. The average Bonchev–Trinajstić information content (AvgIpc) is 1.94. The molecule has 0 saturated carbocycles. The van der Waals surface area contributed by atoms with Gasteiger partial charge in [-0.2, -0.15) is 0 Å². The number of thioether (sulfide) groups is 1. The van der Waals surface area contributed by atoms with Crippen molar-refractivity contribution in [3.63, 3.8) is 0 Å². The van der Waals surface area contributed by atoms with E-state index in [4.69, 9.17) is 5.73 Å². The van der Waals surface area contributed by atoms with Crippen LogP contribution in [0.25, 0.3) is 0 Å². The van der Waals surface area contributed by atoms with Crippen molar-refractivity contribution in [1.29, 1.82) is 0 Å². The van der Waals surface area contributed by atoms with Crippen molar-refractivity contribution >= 4 is 17.4 Å². The Hall–Kier alpha value is -0.700. The molecule has 2 N–H and O–H groups in total. The summed E-state index contributed by atoms with van der Waals surface area (Å²) in [6.45, 7) is 8.52. The lowest BCUT2D eigenvalue weighted by Crippen LogP contribution is -2.07. The van der Waals surface area contributed by atoms with Gasteiger partial charge in [-0.15, -0.1) is 11.8 Å². The van der Waals surface area contributed by atoms with Gasteiger partial charge in [-0.1, -0.05) is 20.8 Å². The molecule has 13 heavy (non-hydrogen) atoms. The molecule has 0 radical (unpaired) electrons. The molecule has 0 aliphatic carbocycles. The first-order chi connectivity index (χ1) is 5.88. The fraction of sp³-hybridized carbons (Fsp3) is 0.500. The van der Waals surface area contributed by atoms with E-state index < -0.39 is 0 Å². The van der Waals surface area contributed by atoms with Crippen LogP contribution >= 0.6 is 11.8 Å². The van der Waals surface area contributed by atoms with Crippen LogP contribution in [0.2, 0.25) is 0 Å². The number of hydrogen-bond donors (Lipinski definition) is 1. The van der Waals surface area contributed by atoms with Crippen molar-refractivity contribution in [3.05, 3.63) is 17.8 Å². The fourth-order valence-electron chi connectivity index (χ4n) is 0.910. The summed E-state index contributed by atoms with van der Waals surface area (Å²) in [7, 11) is 0. The fourth-order valence-corrected chi connectivity index (χ4v) is 1.88. The zero-order chi connectivity index (χ0) is 10.1. The molecule has 0 unspecified atom stereocenters. The van der Waals surface area contributed by atoms with E-state index in [2.05, 4.69) is 25.8 Å². The molecule has 0 bridgehead atoms. The second-order valence-electron chi connectivity index (χ2n) is 4.09. The SMILES string of the molecule is Cc1cc(SC(C)(C)C)ncc1N. The van der Waals surface area contributed by atoms with Gasteiger partial charge in [0.2, 0.25) is 0 Å². The van der Waals surface area contributed by atoms with Gasteiger partial charge >= 0.3 is 0 Å². The Balaban J connectivity index is 2.86. The number of nitrogens with two attached hydrogens (primary N) is 1. The number of pyridine rings is 1. The maximum absolute atomic E-state index is 5.68. The lowest BCUT2D eigenvalue weighted by Gasteiger charge is -2.16. The highest BCUT2D eigenvalue weighted by Crippen LogP contribution is 2.31. The normalized spacial score (nSPS) is 11.7. The minimum Gasteiger partial charge on any atom is -0.397 e. The monoisotopic (exact) mass is 196 g/mol. The topological polar surface area (TPSA) is 38.9 Å². The second kappa shape index (κ2) is 3.58. The van der Waals surface area contributed by atoms with Crippen molar-refractivity contribution in [2.24, 2.45) is 0 Å². The zero-order valence-corrected chi connectivity index (χ0v) is 9.40. The van der Waals surface area contributed by atoms with Crippen LogP contribution in [0, 0.1) is 6.92 Å². The first-order valence-corrected chi connectivity index (χ1v) is 5.11. The van der Waals surface area contributed by atoms with E-state index in [0.717, 1.165) is 16.3 Å². The maximum Gasteiger partial charge on any atom is 0.0969 e. The van der Waals surface area contributed by atoms with Gasteiger partial charge in [0.1, 0.15) is 0 Å². The van der Waals surface area contributed by atoms with E-state index in [1.807, 2.05) is 13.0 Å². The number of aromatic nitrogens is 1. The first-order valence-electron chi connectivity index (χ1n) is 4.29. The number of nitrogen functional groups attached to an aromatic ring is 1. The standard InChI is InChI=1S/C10H16N2S/c1-7-5-9(12-6-8(7)11)13-10(2,3)4/h5-6H,11H2,1-4H3. The Bertz CT molecular complexity index is 302. The summed E-state index contributed by atoms with van der Waals surface area (Å²) in [5.74, 6) is 0. The van der Waals surface area contributed by atoms with E-state index in [1.165, 1.54) is 0 Å². The zero-order valence-electron chi connectivity index (χ0n) is 8.59. The molecule has 2 nitrogen and oxygen atoms in total. The molecule has 0 aliphatic rings. The van der Waals surface area contributed by atoms with Gasteiger partial charge < -0.3 is 5.73 Å². The number of aryl methyl sites for hydroxylation is 1. The minimum atomic E-state index is 0.204. The van der Waals surface area contributed by atoms with Gasteiger partial charge in [0, 0.05) is 4.75 Å². The van der Waals surface area contributed by atoms with Crippen LogP contribution in [0.5, 0.6) is 0 Å². The molecule has 0 amide bonds. The summed E-state index contributed by atoms with van der Waals surface area (Å²) in [5.41, 5.74) is 7.54. The number of nitrogens with zero attached hydrogens (tertiary/aromatic N) is 1. The largest absolute Gasteiger partial charge is 0.397 e. The summed E-state index contributed by atoms with van der Waals surface area (Å²) in [6, 6.07) is 2.03. The van der Waals surface area contributed by atoms with Gasteiger partial charge in [0.25, 0.3) is 0 Å². The summed E-state index contributed by atoms with van der Waals surface area (Å²) in [6.07, 6.45) is 1.73. The third-order valence-electron chi connectivity index (χ3n) is 1.54. The van der Waals surface area contributed by atoms with Crippen LogP contribution in [0.3, 0.4) is 0 Å². The molecule has 1 aromatic rings. The molecular formula is C10H16N2S. The lowest BCUT2D eigenvalue weighted by atomic mass is 10.2. The number of rotatable bonds is 1. The van der Waals surface area contributed by atoms with Crippen LogP contribution in [0.1, 0.15) is 26.3 Å². The van der Waals surface area contributed by atoms with Gasteiger partial charge in [-0.05, 0) is 18.6 Å². The van der Waals surface area contributed by atoms with Crippen LogP contribution in [-0.2, 0) is 0 Å². The number of hydrogen-bond acceptors (Lipinski definition) is 3. The Morgan fingerprint density at radius 1 is 1.38 bits per heavy atom. The maximum atomic E-state index is 5.68. The third-order valence-corrected chi connectivity index (χ3v) is 2.58. The van der Waals surface area contributed by atoms with Crippen molar-refractivity contribution in [3.8, 4) is 0 Å². The Morgan fingerprint density at radius 3 is 2.46 bits per heavy atom. The van der Waals surface area contributed by atoms with E-state index in [1.54, 1.807) is 18.0 Å². The van der Waals surface area contributed by atoms with Crippen molar-refractivity contribution in [2.45, 2.75) is 37.5 Å². The highest BCUT2D eigenvalue weighted by atomic mass is 32.2. The van der Waals surface area contributed by atoms with E-state index >= 15 is 0 Å². The predicted octanol–water partition coefficient (Wildman–Crippen LogP) is 2.86. The number of anilines is 1. The molecule has 0 aliphatic heterocycles. The summed E-state index contributed by atoms with van der Waals surface area (Å²) in [5, 5.41) is 1.04.